The summed E-state index contributed by atoms with van der Waals surface area (Å²) in [5, 5.41) is 8.45. The van der Waals surface area contributed by atoms with Gasteiger partial charge in [-0.1, -0.05) is 31.0 Å². The highest BCUT2D eigenvalue weighted by molar-refractivity contribution is 6.06. The lowest BCUT2D eigenvalue weighted by Gasteiger charge is -2.19. The Balaban J connectivity index is 1.49. The molecule has 0 aliphatic heterocycles. The molecule has 4 rings (SSSR count). The SMILES string of the molecule is NC(=O)n1cc(NC(=O)N[C@@H](CC2CC2)C(=O)Nc2ccncc2F)c2ccccc21. The lowest BCUT2D eigenvalue weighted by molar-refractivity contribution is -0.118. The lowest BCUT2D eigenvalue weighted by atomic mass is 10.1. The van der Waals surface area contributed by atoms with Crippen molar-refractivity contribution in [2.75, 3.05) is 10.6 Å². The maximum atomic E-state index is 13.8. The largest absolute Gasteiger partial charge is 0.351 e. The minimum atomic E-state index is -0.857. The maximum absolute atomic E-state index is 13.8. The fourth-order valence-corrected chi connectivity index (χ4v) is 3.39. The Hall–Kier alpha value is -3.95. The van der Waals surface area contributed by atoms with E-state index in [1.807, 2.05) is 0 Å². The number of carbonyl (C=O) groups is 3. The summed E-state index contributed by atoms with van der Waals surface area (Å²) >= 11 is 0. The van der Waals surface area contributed by atoms with Gasteiger partial charge in [0.2, 0.25) is 5.91 Å². The van der Waals surface area contributed by atoms with Crippen molar-refractivity contribution < 1.29 is 18.8 Å². The molecule has 0 spiro atoms. The zero-order valence-electron chi connectivity index (χ0n) is 16.5. The second kappa shape index (κ2) is 8.42. The monoisotopic (exact) mass is 424 g/mol. The number of para-hydroxylation sites is 1. The number of fused-ring (bicyclic) bond motifs is 1. The van der Waals surface area contributed by atoms with Gasteiger partial charge in [0.25, 0.3) is 0 Å². The van der Waals surface area contributed by atoms with Crippen molar-refractivity contribution in [1.29, 1.82) is 0 Å². The van der Waals surface area contributed by atoms with E-state index in [-0.39, 0.29) is 5.69 Å². The van der Waals surface area contributed by atoms with Crippen molar-refractivity contribution in [3.8, 4) is 0 Å². The second-order valence-electron chi connectivity index (χ2n) is 7.44. The molecule has 0 saturated heterocycles. The average molecular weight is 424 g/mol. The number of rotatable bonds is 6. The van der Waals surface area contributed by atoms with Crippen molar-refractivity contribution in [1.82, 2.24) is 14.9 Å². The van der Waals surface area contributed by atoms with Gasteiger partial charge in [-0.3, -0.25) is 14.3 Å². The third-order valence-corrected chi connectivity index (χ3v) is 5.12. The van der Waals surface area contributed by atoms with Gasteiger partial charge in [-0.25, -0.2) is 14.0 Å². The van der Waals surface area contributed by atoms with Crippen LogP contribution >= 0.6 is 0 Å². The molecule has 1 atom stereocenters. The maximum Gasteiger partial charge on any atom is 0.323 e. The molecular formula is C21H21FN6O3. The molecule has 10 heteroatoms. The predicted molar refractivity (Wildman–Crippen MR) is 113 cm³/mol. The first-order valence-electron chi connectivity index (χ1n) is 9.80. The Morgan fingerprint density at radius 1 is 1.16 bits per heavy atom. The van der Waals surface area contributed by atoms with E-state index < -0.39 is 29.8 Å². The van der Waals surface area contributed by atoms with Gasteiger partial charge in [0.1, 0.15) is 6.04 Å². The van der Waals surface area contributed by atoms with Crippen LogP contribution in [0.15, 0.2) is 48.9 Å². The van der Waals surface area contributed by atoms with E-state index in [0.29, 0.717) is 28.9 Å². The van der Waals surface area contributed by atoms with E-state index in [4.69, 9.17) is 5.73 Å². The Kier molecular flexibility index (Phi) is 5.52. The molecule has 1 aromatic carbocycles. The minimum absolute atomic E-state index is 0.00691. The summed E-state index contributed by atoms with van der Waals surface area (Å²) in [4.78, 5) is 40.7. The van der Waals surface area contributed by atoms with Crippen molar-refractivity contribution in [3.63, 3.8) is 0 Å². The Labute approximate surface area is 176 Å². The number of nitrogens with one attached hydrogen (secondary N) is 3. The number of amides is 4. The van der Waals surface area contributed by atoms with Gasteiger partial charge in [0.15, 0.2) is 5.82 Å². The molecule has 2 heterocycles. The highest BCUT2D eigenvalue weighted by Gasteiger charge is 2.31. The van der Waals surface area contributed by atoms with Crippen LogP contribution < -0.4 is 21.7 Å². The highest BCUT2D eigenvalue weighted by Crippen LogP contribution is 2.34. The van der Waals surface area contributed by atoms with Gasteiger partial charge in [0, 0.05) is 17.8 Å². The number of primary amides is 1. The van der Waals surface area contributed by atoms with E-state index in [2.05, 4.69) is 20.9 Å². The highest BCUT2D eigenvalue weighted by atomic mass is 19.1. The summed E-state index contributed by atoms with van der Waals surface area (Å²) in [6.45, 7) is 0. The molecule has 9 nitrogen and oxygen atoms in total. The van der Waals surface area contributed by atoms with Crippen LogP contribution in [0, 0.1) is 11.7 Å². The number of aromatic nitrogens is 2. The molecule has 3 aromatic rings. The molecule has 0 radical (unpaired) electrons. The summed E-state index contributed by atoms with van der Waals surface area (Å²) in [5.41, 5.74) is 6.31. The molecular weight excluding hydrogens is 403 g/mol. The molecule has 31 heavy (non-hydrogen) atoms. The lowest BCUT2D eigenvalue weighted by Crippen LogP contribution is -2.46. The van der Waals surface area contributed by atoms with E-state index in [0.717, 1.165) is 19.0 Å². The smallest absolute Gasteiger partial charge is 0.323 e. The van der Waals surface area contributed by atoms with Crippen LogP contribution in [0.3, 0.4) is 0 Å². The van der Waals surface area contributed by atoms with Crippen LogP contribution in [0.25, 0.3) is 10.9 Å². The van der Waals surface area contributed by atoms with E-state index >= 15 is 0 Å². The van der Waals surface area contributed by atoms with Gasteiger partial charge in [-0.15, -0.1) is 0 Å². The number of halogens is 1. The van der Waals surface area contributed by atoms with Crippen molar-refractivity contribution in [2.24, 2.45) is 11.7 Å². The first kappa shape index (κ1) is 20.3. The predicted octanol–water partition coefficient (Wildman–Crippen LogP) is 3.03. The summed E-state index contributed by atoms with van der Waals surface area (Å²) in [7, 11) is 0. The number of benzene rings is 1. The zero-order chi connectivity index (χ0) is 22.0. The van der Waals surface area contributed by atoms with E-state index in [1.54, 1.807) is 24.3 Å². The fourth-order valence-electron chi connectivity index (χ4n) is 3.39. The van der Waals surface area contributed by atoms with Crippen molar-refractivity contribution in [3.05, 3.63) is 54.7 Å². The van der Waals surface area contributed by atoms with Crippen LogP contribution in [-0.2, 0) is 4.79 Å². The number of hydrogen-bond donors (Lipinski definition) is 4. The third-order valence-electron chi connectivity index (χ3n) is 5.12. The second-order valence-corrected chi connectivity index (χ2v) is 7.44. The number of nitrogens with two attached hydrogens (primary N) is 1. The molecule has 1 fully saturated rings. The summed E-state index contributed by atoms with van der Waals surface area (Å²) in [5.74, 6) is -0.855. The minimum Gasteiger partial charge on any atom is -0.351 e. The molecule has 1 saturated carbocycles. The first-order valence-corrected chi connectivity index (χ1v) is 9.80. The Morgan fingerprint density at radius 3 is 2.65 bits per heavy atom. The van der Waals surface area contributed by atoms with Gasteiger partial charge in [0.05, 0.1) is 23.1 Å². The number of urea groups is 1. The molecule has 0 bridgehead atoms. The standard InChI is InChI=1S/C21H21FN6O3/c22-14-10-24-8-7-15(14)25-19(29)16(9-12-5-6-12)26-21(31)27-17-11-28(20(23)30)18-4-2-1-3-13(17)18/h1-4,7-8,10-12,16H,5-6,9H2,(H2,23,30)(H,24,25,29)(H2,26,27,31)/t16-/m0/s1. The summed E-state index contributed by atoms with van der Waals surface area (Å²) in [6.07, 6.45) is 6.18. The molecule has 4 amide bonds. The quantitative estimate of drug-likeness (QED) is 0.484. The summed E-state index contributed by atoms with van der Waals surface area (Å²) in [6, 6.07) is 6.15. The van der Waals surface area contributed by atoms with E-state index in [9.17, 15) is 18.8 Å². The zero-order valence-corrected chi connectivity index (χ0v) is 16.5. The van der Waals surface area contributed by atoms with Gasteiger partial charge < -0.3 is 21.7 Å². The number of carbonyl (C=O) groups excluding carboxylic acids is 3. The van der Waals surface area contributed by atoms with Crippen molar-refractivity contribution >= 4 is 40.2 Å². The van der Waals surface area contributed by atoms with Crippen LogP contribution in [0.2, 0.25) is 0 Å². The van der Waals surface area contributed by atoms with Crippen LogP contribution in [0.1, 0.15) is 19.3 Å². The van der Waals surface area contributed by atoms with E-state index in [1.165, 1.54) is 23.0 Å². The first-order chi connectivity index (χ1) is 14.9. The fraction of sp³-hybridized carbons (Fsp3) is 0.238. The third kappa shape index (κ3) is 4.63. The number of nitrogens with zero attached hydrogens (tertiary/aromatic N) is 2. The molecule has 2 aromatic heterocycles. The molecule has 1 aliphatic carbocycles. The molecule has 0 unspecified atom stereocenters. The van der Waals surface area contributed by atoms with Crippen LogP contribution in [0.5, 0.6) is 0 Å². The molecule has 1 aliphatic rings. The normalized spacial score (nSPS) is 14.1. The number of pyridine rings is 1. The number of hydrogen-bond acceptors (Lipinski definition) is 4. The van der Waals surface area contributed by atoms with Gasteiger partial charge in [-0.05, 0) is 24.5 Å². The van der Waals surface area contributed by atoms with Crippen LogP contribution in [0.4, 0.5) is 25.4 Å². The van der Waals surface area contributed by atoms with Gasteiger partial charge >= 0.3 is 12.1 Å². The topological polar surface area (TPSA) is 131 Å². The van der Waals surface area contributed by atoms with Crippen LogP contribution in [-0.4, -0.2) is 33.6 Å². The van der Waals surface area contributed by atoms with Gasteiger partial charge in [-0.2, -0.15) is 0 Å². The Bertz CT molecular complexity index is 1160. The Morgan fingerprint density at radius 2 is 1.94 bits per heavy atom. The average Bonchev–Trinajstić information content (AvgIpc) is 3.49. The molecule has 160 valence electrons. The summed E-state index contributed by atoms with van der Waals surface area (Å²) < 4.78 is 15.1. The number of anilines is 2. The molecule has 5 N–H and O–H groups in total. The van der Waals surface area contributed by atoms with Crippen molar-refractivity contribution in [2.45, 2.75) is 25.3 Å².